The third-order valence-corrected chi connectivity index (χ3v) is 2.99. The molecule has 0 bridgehead atoms. The molecule has 2 rings (SSSR count). The molecule has 0 saturated heterocycles. The van der Waals surface area contributed by atoms with Gasteiger partial charge in [0.1, 0.15) is 5.75 Å². The molecule has 1 aromatic carbocycles. The van der Waals surface area contributed by atoms with E-state index >= 15 is 0 Å². The predicted octanol–water partition coefficient (Wildman–Crippen LogP) is 2.12. The van der Waals surface area contributed by atoms with Crippen molar-refractivity contribution in [2.24, 2.45) is 0 Å². The van der Waals surface area contributed by atoms with Gasteiger partial charge < -0.3 is 9.84 Å². The molecule has 0 saturated carbocycles. The number of benzene rings is 1. The Bertz CT molecular complexity index is 617. The predicted molar refractivity (Wildman–Crippen MR) is 70.9 cm³/mol. The molecular weight excluding hydrogens is 244 g/mol. The summed E-state index contributed by atoms with van der Waals surface area (Å²) in [6, 6.07) is 5.76. The first-order valence-electron chi connectivity index (χ1n) is 5.92. The van der Waals surface area contributed by atoms with E-state index in [1.165, 1.54) is 0 Å². The molecule has 1 aromatic heterocycles. The molecule has 19 heavy (non-hydrogen) atoms. The van der Waals surface area contributed by atoms with Gasteiger partial charge in [-0.15, -0.1) is 0 Å². The lowest BCUT2D eigenvalue weighted by atomic mass is 10.2. The third kappa shape index (κ3) is 2.59. The Morgan fingerprint density at radius 2 is 2.16 bits per heavy atom. The lowest BCUT2D eigenvalue weighted by Gasteiger charge is -2.13. The number of aromatic nitrogens is 2. The second-order valence-electron chi connectivity index (χ2n) is 4.39. The fraction of sp³-hybridized carbons (Fsp3) is 0.286. The Labute approximate surface area is 111 Å². The molecule has 0 atom stereocenters. The summed E-state index contributed by atoms with van der Waals surface area (Å²) in [6.45, 7) is 3.78. The van der Waals surface area contributed by atoms with E-state index in [9.17, 15) is 4.79 Å². The Morgan fingerprint density at radius 1 is 1.42 bits per heavy atom. The zero-order valence-corrected chi connectivity index (χ0v) is 11.2. The van der Waals surface area contributed by atoms with Crippen LogP contribution in [0.4, 0.5) is 0 Å². The summed E-state index contributed by atoms with van der Waals surface area (Å²) in [6.07, 6.45) is 1.56. The van der Waals surface area contributed by atoms with Crippen molar-refractivity contribution >= 4 is 5.97 Å². The minimum atomic E-state index is -0.878. The molecule has 0 aliphatic carbocycles. The molecular formula is C14H16N2O3. The normalized spacial score (nSPS) is 10.5. The van der Waals surface area contributed by atoms with Crippen molar-refractivity contribution in [3.8, 4) is 11.4 Å². The maximum atomic E-state index is 11.0. The van der Waals surface area contributed by atoms with E-state index in [-0.39, 0.29) is 6.42 Å². The zero-order valence-electron chi connectivity index (χ0n) is 11.2. The van der Waals surface area contributed by atoms with Crippen LogP contribution in [0.25, 0.3) is 5.69 Å². The molecule has 0 spiro atoms. The lowest BCUT2D eigenvalue weighted by Crippen LogP contribution is -2.08. The number of carboxylic acids is 1. The Balaban J connectivity index is 2.58. The van der Waals surface area contributed by atoms with Crippen molar-refractivity contribution in [3.63, 3.8) is 0 Å². The second kappa shape index (κ2) is 5.14. The second-order valence-corrected chi connectivity index (χ2v) is 4.39. The van der Waals surface area contributed by atoms with Gasteiger partial charge in [-0.05, 0) is 31.5 Å². The van der Waals surface area contributed by atoms with Crippen molar-refractivity contribution in [2.45, 2.75) is 20.3 Å². The van der Waals surface area contributed by atoms with Crippen LogP contribution in [0.15, 0.2) is 24.5 Å². The van der Waals surface area contributed by atoms with Gasteiger partial charge >= 0.3 is 5.97 Å². The van der Waals surface area contributed by atoms with Crippen LogP contribution in [-0.2, 0) is 11.2 Å². The van der Waals surface area contributed by atoms with Crippen LogP contribution in [0, 0.1) is 13.8 Å². The summed E-state index contributed by atoms with van der Waals surface area (Å²) in [5.74, 6) is -0.189. The topological polar surface area (TPSA) is 64.4 Å². The number of nitrogens with zero attached hydrogens (tertiary/aromatic N) is 2. The largest absolute Gasteiger partial charge is 0.495 e. The van der Waals surface area contributed by atoms with Crippen molar-refractivity contribution in [2.75, 3.05) is 7.11 Å². The number of rotatable bonds is 4. The van der Waals surface area contributed by atoms with E-state index in [1.807, 2.05) is 25.1 Å². The average molecular weight is 260 g/mol. The number of ether oxygens (including phenoxy) is 1. The van der Waals surface area contributed by atoms with Crippen LogP contribution >= 0.6 is 0 Å². The van der Waals surface area contributed by atoms with Crippen molar-refractivity contribution < 1.29 is 14.6 Å². The highest BCUT2D eigenvalue weighted by atomic mass is 16.5. The van der Waals surface area contributed by atoms with Gasteiger partial charge in [-0.3, -0.25) is 9.36 Å². The number of carboxylic acid groups (broad SMARTS) is 1. The van der Waals surface area contributed by atoms with Gasteiger partial charge in [-0.25, -0.2) is 4.98 Å². The molecule has 0 radical (unpaired) electrons. The number of imidazole rings is 1. The smallest absolute Gasteiger partial charge is 0.309 e. The summed E-state index contributed by atoms with van der Waals surface area (Å²) < 4.78 is 7.10. The molecule has 1 heterocycles. The summed E-state index contributed by atoms with van der Waals surface area (Å²) >= 11 is 0. The van der Waals surface area contributed by atoms with Gasteiger partial charge in [-0.2, -0.15) is 0 Å². The van der Waals surface area contributed by atoms with Gasteiger partial charge in [0.25, 0.3) is 0 Å². The monoisotopic (exact) mass is 260 g/mol. The molecule has 0 aliphatic heterocycles. The number of hydrogen-bond donors (Lipinski definition) is 1. The van der Waals surface area contributed by atoms with Crippen LogP contribution in [0.1, 0.15) is 17.0 Å². The Kier molecular flexibility index (Phi) is 3.55. The molecule has 0 fully saturated rings. The maximum absolute atomic E-state index is 11.0. The zero-order chi connectivity index (χ0) is 14.0. The Hall–Kier alpha value is -2.30. The van der Waals surface area contributed by atoms with Crippen LogP contribution in [0.5, 0.6) is 5.75 Å². The van der Waals surface area contributed by atoms with E-state index in [0.29, 0.717) is 17.1 Å². The van der Waals surface area contributed by atoms with E-state index in [1.54, 1.807) is 24.9 Å². The molecule has 0 amide bonds. The highest BCUT2D eigenvalue weighted by Crippen LogP contribution is 2.26. The molecule has 0 unspecified atom stereocenters. The molecule has 1 N–H and O–H groups in total. The van der Waals surface area contributed by atoms with Gasteiger partial charge in [0, 0.05) is 0 Å². The van der Waals surface area contributed by atoms with Crippen molar-refractivity contribution in [1.82, 2.24) is 9.55 Å². The van der Waals surface area contributed by atoms with Gasteiger partial charge in [-0.1, -0.05) is 6.07 Å². The standard InChI is InChI=1S/C14H16N2O3/c1-9-4-5-13(19-3)12(6-9)16-8-15-10(2)11(16)7-14(17)18/h4-6,8H,7H2,1-3H3,(H,17,18). The van der Waals surface area contributed by atoms with Crippen LogP contribution in [-0.4, -0.2) is 27.7 Å². The molecule has 0 aliphatic rings. The first kappa shape index (κ1) is 13.1. The number of methoxy groups -OCH3 is 1. The minimum Gasteiger partial charge on any atom is -0.495 e. The first-order valence-corrected chi connectivity index (χ1v) is 5.92. The number of aryl methyl sites for hydroxylation is 2. The van der Waals surface area contributed by atoms with E-state index in [4.69, 9.17) is 9.84 Å². The fourth-order valence-corrected chi connectivity index (χ4v) is 2.02. The summed E-state index contributed by atoms with van der Waals surface area (Å²) in [4.78, 5) is 15.1. The number of aliphatic carboxylic acids is 1. The van der Waals surface area contributed by atoms with Crippen LogP contribution in [0.3, 0.4) is 0 Å². The summed E-state index contributed by atoms with van der Waals surface area (Å²) in [7, 11) is 1.59. The highest BCUT2D eigenvalue weighted by molar-refractivity contribution is 5.70. The number of carbonyl (C=O) groups is 1. The maximum Gasteiger partial charge on any atom is 0.309 e. The van der Waals surface area contributed by atoms with Crippen LogP contribution < -0.4 is 4.74 Å². The highest BCUT2D eigenvalue weighted by Gasteiger charge is 2.15. The van der Waals surface area contributed by atoms with Gasteiger partial charge in [0.2, 0.25) is 0 Å². The lowest BCUT2D eigenvalue weighted by molar-refractivity contribution is -0.136. The van der Waals surface area contributed by atoms with Crippen molar-refractivity contribution in [3.05, 3.63) is 41.5 Å². The van der Waals surface area contributed by atoms with Crippen molar-refractivity contribution in [1.29, 1.82) is 0 Å². The summed E-state index contributed by atoms with van der Waals surface area (Å²) in [5, 5.41) is 8.99. The average Bonchev–Trinajstić information content (AvgIpc) is 2.70. The molecule has 2 aromatic rings. The molecule has 5 nitrogen and oxygen atoms in total. The van der Waals surface area contributed by atoms with E-state index in [2.05, 4.69) is 4.98 Å². The molecule has 100 valence electrons. The van der Waals surface area contributed by atoms with Crippen LogP contribution in [0.2, 0.25) is 0 Å². The molecule has 5 heteroatoms. The minimum absolute atomic E-state index is 0.0665. The fourth-order valence-electron chi connectivity index (χ4n) is 2.02. The third-order valence-electron chi connectivity index (χ3n) is 2.99. The number of hydrogen-bond acceptors (Lipinski definition) is 3. The van der Waals surface area contributed by atoms with E-state index in [0.717, 1.165) is 11.3 Å². The van der Waals surface area contributed by atoms with Gasteiger partial charge in [0.05, 0.1) is 36.9 Å². The summed E-state index contributed by atoms with van der Waals surface area (Å²) in [5.41, 5.74) is 3.25. The first-order chi connectivity index (χ1) is 9.02. The van der Waals surface area contributed by atoms with Gasteiger partial charge in [0.15, 0.2) is 0 Å². The van der Waals surface area contributed by atoms with E-state index < -0.39 is 5.97 Å². The SMILES string of the molecule is COc1ccc(C)cc1-n1cnc(C)c1CC(=O)O. The quantitative estimate of drug-likeness (QED) is 0.914. The Morgan fingerprint density at radius 3 is 2.79 bits per heavy atom.